The summed E-state index contributed by atoms with van der Waals surface area (Å²) in [4.78, 5) is 16.1. The predicted molar refractivity (Wildman–Crippen MR) is 97.8 cm³/mol. The second kappa shape index (κ2) is 6.64. The van der Waals surface area contributed by atoms with Gasteiger partial charge in [-0.05, 0) is 24.0 Å². The van der Waals surface area contributed by atoms with Gasteiger partial charge in [-0.3, -0.25) is 0 Å². The molecule has 2 amide bonds. The van der Waals surface area contributed by atoms with Gasteiger partial charge in [-0.25, -0.2) is 13.2 Å². The minimum absolute atomic E-state index is 0.0241. The second-order valence-electron chi connectivity index (χ2n) is 8.43. The smallest absolute Gasteiger partial charge is 0.323 e. The summed E-state index contributed by atoms with van der Waals surface area (Å²) in [6.07, 6.45) is -3.88. The Hall–Kier alpha value is -1.77. The van der Waals surface area contributed by atoms with Crippen molar-refractivity contribution in [3.63, 3.8) is 0 Å². The summed E-state index contributed by atoms with van der Waals surface area (Å²) in [6, 6.07) is 6.42. The highest BCUT2D eigenvalue weighted by Crippen LogP contribution is 2.42. The molecular formula is C19H23F3N2O3S. The Morgan fingerprint density at radius 1 is 1.04 bits per heavy atom. The summed E-state index contributed by atoms with van der Waals surface area (Å²) >= 11 is 0. The lowest BCUT2D eigenvalue weighted by Gasteiger charge is -2.54. The van der Waals surface area contributed by atoms with Gasteiger partial charge in [0.25, 0.3) is 0 Å². The van der Waals surface area contributed by atoms with Crippen LogP contribution in [0.2, 0.25) is 0 Å². The van der Waals surface area contributed by atoms with Crippen LogP contribution in [0.3, 0.4) is 0 Å². The largest absolute Gasteiger partial charge is 0.393 e. The molecule has 1 aromatic rings. The van der Waals surface area contributed by atoms with Gasteiger partial charge >= 0.3 is 12.2 Å². The molecule has 0 unspecified atom stereocenters. The van der Waals surface area contributed by atoms with E-state index in [1.807, 2.05) is 0 Å². The van der Waals surface area contributed by atoms with E-state index < -0.39 is 22.4 Å². The summed E-state index contributed by atoms with van der Waals surface area (Å²) in [6.45, 7) is 2.37. The standard InChI is InChI=1S/C19H23F3N2O3S/c20-19(21,22)9-14-1-3-15(4-2-14)16-10-23(11-16)17(25)24-12-18(13-24)5-7-28(26,27)8-6-18/h1-4,16H,5-13H2. The van der Waals surface area contributed by atoms with E-state index in [0.29, 0.717) is 39.0 Å². The SMILES string of the molecule is O=C(N1CC(c2ccc(CC(F)(F)F)cc2)C1)N1CC2(CCS(=O)(=O)CC2)C1. The molecule has 9 heteroatoms. The normalized spacial score (nSPS) is 24.0. The number of rotatable bonds is 2. The lowest BCUT2D eigenvalue weighted by molar-refractivity contribution is -0.127. The summed E-state index contributed by atoms with van der Waals surface area (Å²) in [7, 11) is -2.91. The minimum atomic E-state index is -4.21. The van der Waals surface area contributed by atoms with Crippen LogP contribution in [0, 0.1) is 5.41 Å². The number of sulfone groups is 1. The van der Waals surface area contributed by atoms with E-state index in [1.54, 1.807) is 21.9 Å². The number of carbonyl (C=O) groups is 1. The highest BCUT2D eigenvalue weighted by molar-refractivity contribution is 7.91. The van der Waals surface area contributed by atoms with E-state index in [2.05, 4.69) is 0 Å². The average Bonchev–Trinajstić information content (AvgIpc) is 2.52. The van der Waals surface area contributed by atoms with Crippen LogP contribution in [0.1, 0.15) is 29.9 Å². The van der Waals surface area contributed by atoms with Crippen molar-refractivity contribution >= 4 is 15.9 Å². The Bertz CT molecular complexity index is 839. The fourth-order valence-corrected chi connectivity index (χ4v) is 6.06. The first kappa shape index (κ1) is 19.5. The van der Waals surface area contributed by atoms with Crippen molar-refractivity contribution in [1.29, 1.82) is 0 Å². The molecule has 0 bridgehead atoms. The summed E-state index contributed by atoms with van der Waals surface area (Å²) in [5, 5.41) is 0. The van der Waals surface area contributed by atoms with Gasteiger partial charge < -0.3 is 9.80 Å². The van der Waals surface area contributed by atoms with Crippen molar-refractivity contribution in [2.24, 2.45) is 5.41 Å². The molecule has 1 spiro atoms. The summed E-state index contributed by atoms with van der Waals surface area (Å²) in [5.74, 6) is 0.579. The molecule has 0 atom stereocenters. The number of halogens is 3. The van der Waals surface area contributed by atoms with Crippen LogP contribution in [-0.4, -0.2) is 68.1 Å². The number of nitrogens with zero attached hydrogens (tertiary/aromatic N) is 2. The molecule has 1 aromatic carbocycles. The lowest BCUT2D eigenvalue weighted by Crippen LogP contribution is -2.65. The van der Waals surface area contributed by atoms with E-state index in [4.69, 9.17) is 0 Å². The first-order valence-corrected chi connectivity index (χ1v) is 11.3. The molecule has 0 saturated carbocycles. The number of likely N-dealkylation sites (tertiary alicyclic amines) is 2. The molecule has 3 saturated heterocycles. The van der Waals surface area contributed by atoms with E-state index >= 15 is 0 Å². The highest BCUT2D eigenvalue weighted by Gasteiger charge is 2.49. The van der Waals surface area contributed by atoms with Gasteiger partial charge in [-0.15, -0.1) is 0 Å². The minimum Gasteiger partial charge on any atom is -0.323 e. The maximum absolute atomic E-state index is 12.6. The van der Waals surface area contributed by atoms with Crippen molar-refractivity contribution in [2.75, 3.05) is 37.7 Å². The van der Waals surface area contributed by atoms with Crippen molar-refractivity contribution in [3.8, 4) is 0 Å². The highest BCUT2D eigenvalue weighted by atomic mass is 32.2. The molecule has 4 rings (SSSR count). The van der Waals surface area contributed by atoms with Crippen LogP contribution in [0.15, 0.2) is 24.3 Å². The van der Waals surface area contributed by atoms with Gasteiger partial charge in [0.15, 0.2) is 0 Å². The first-order chi connectivity index (χ1) is 13.0. The maximum Gasteiger partial charge on any atom is 0.393 e. The molecule has 0 aliphatic carbocycles. The topological polar surface area (TPSA) is 57.7 Å². The van der Waals surface area contributed by atoms with Crippen LogP contribution in [0.25, 0.3) is 0 Å². The van der Waals surface area contributed by atoms with Crippen molar-refractivity contribution in [1.82, 2.24) is 9.80 Å². The third-order valence-electron chi connectivity index (χ3n) is 6.22. The Labute approximate surface area is 162 Å². The Morgan fingerprint density at radius 3 is 2.14 bits per heavy atom. The number of alkyl halides is 3. The summed E-state index contributed by atoms with van der Waals surface area (Å²) < 4.78 is 60.4. The fraction of sp³-hybridized carbons (Fsp3) is 0.632. The zero-order chi connectivity index (χ0) is 20.2. The van der Waals surface area contributed by atoms with Gasteiger partial charge in [-0.1, -0.05) is 24.3 Å². The van der Waals surface area contributed by atoms with E-state index in [-0.39, 0.29) is 34.4 Å². The molecule has 3 aliphatic heterocycles. The molecule has 0 N–H and O–H groups in total. The Kier molecular flexibility index (Phi) is 4.63. The van der Waals surface area contributed by atoms with Gasteiger partial charge in [0, 0.05) is 37.5 Å². The van der Waals surface area contributed by atoms with Crippen molar-refractivity contribution in [3.05, 3.63) is 35.4 Å². The van der Waals surface area contributed by atoms with Gasteiger partial charge in [0.1, 0.15) is 9.84 Å². The summed E-state index contributed by atoms with van der Waals surface area (Å²) in [5.41, 5.74) is 1.16. The van der Waals surface area contributed by atoms with Crippen LogP contribution in [0.5, 0.6) is 0 Å². The number of hydrogen-bond acceptors (Lipinski definition) is 3. The van der Waals surface area contributed by atoms with Gasteiger partial charge in [-0.2, -0.15) is 13.2 Å². The van der Waals surface area contributed by atoms with Crippen LogP contribution in [0.4, 0.5) is 18.0 Å². The number of carbonyl (C=O) groups excluding carboxylic acids is 1. The zero-order valence-corrected chi connectivity index (χ0v) is 16.2. The molecular weight excluding hydrogens is 393 g/mol. The third kappa shape index (κ3) is 3.99. The maximum atomic E-state index is 12.6. The quantitative estimate of drug-likeness (QED) is 0.745. The number of benzene rings is 1. The molecule has 0 radical (unpaired) electrons. The van der Waals surface area contributed by atoms with Gasteiger partial charge in [0.2, 0.25) is 0 Å². The second-order valence-corrected chi connectivity index (χ2v) is 10.7. The van der Waals surface area contributed by atoms with Crippen molar-refractivity contribution < 1.29 is 26.4 Å². The van der Waals surface area contributed by atoms with Gasteiger partial charge in [0.05, 0.1) is 17.9 Å². The molecule has 154 valence electrons. The Balaban J connectivity index is 1.25. The molecule has 0 aromatic heterocycles. The van der Waals surface area contributed by atoms with Crippen molar-refractivity contribution in [2.45, 2.75) is 31.4 Å². The zero-order valence-electron chi connectivity index (χ0n) is 15.4. The Morgan fingerprint density at radius 2 is 1.61 bits per heavy atom. The molecule has 28 heavy (non-hydrogen) atoms. The fourth-order valence-electron chi connectivity index (χ4n) is 4.37. The molecule has 3 fully saturated rings. The molecule has 5 nitrogen and oxygen atoms in total. The van der Waals surface area contributed by atoms with E-state index in [0.717, 1.165) is 5.56 Å². The first-order valence-electron chi connectivity index (χ1n) is 9.44. The number of urea groups is 1. The van der Waals surface area contributed by atoms with Crippen LogP contribution in [-0.2, 0) is 16.3 Å². The average molecular weight is 416 g/mol. The van der Waals surface area contributed by atoms with E-state index in [1.165, 1.54) is 12.1 Å². The monoisotopic (exact) mass is 416 g/mol. The van der Waals surface area contributed by atoms with Crippen LogP contribution >= 0.6 is 0 Å². The third-order valence-corrected chi connectivity index (χ3v) is 7.87. The molecule has 3 aliphatic rings. The predicted octanol–water partition coefficient (Wildman–Crippen LogP) is 2.82. The number of hydrogen-bond donors (Lipinski definition) is 0. The number of amides is 2. The lowest BCUT2D eigenvalue weighted by atomic mass is 9.75. The van der Waals surface area contributed by atoms with E-state index in [9.17, 15) is 26.4 Å². The molecule has 3 heterocycles. The van der Waals surface area contributed by atoms with Crippen LogP contribution < -0.4 is 0 Å².